The van der Waals surface area contributed by atoms with E-state index < -0.39 is 0 Å². The molecule has 7 heteroatoms. The van der Waals surface area contributed by atoms with Gasteiger partial charge in [-0.25, -0.2) is 9.97 Å². The van der Waals surface area contributed by atoms with E-state index in [1.807, 2.05) is 35.0 Å². The molecule has 2 heterocycles. The number of hydrogen-bond acceptors (Lipinski definition) is 4. The summed E-state index contributed by atoms with van der Waals surface area (Å²) in [5, 5.41) is 3.58. The lowest BCUT2D eigenvalue weighted by Gasteiger charge is -2.09. The summed E-state index contributed by atoms with van der Waals surface area (Å²) in [5.74, 6) is 0.576. The third kappa shape index (κ3) is 3.73. The van der Waals surface area contributed by atoms with Crippen molar-refractivity contribution < 1.29 is 4.79 Å². The van der Waals surface area contributed by atoms with Crippen LogP contribution in [0.25, 0.3) is 16.7 Å². The Labute approximate surface area is 161 Å². The predicted molar refractivity (Wildman–Crippen MR) is 108 cm³/mol. The summed E-state index contributed by atoms with van der Waals surface area (Å²) in [6, 6.07) is 13.9. The lowest BCUT2D eigenvalue weighted by molar-refractivity contribution is -0.113. The summed E-state index contributed by atoms with van der Waals surface area (Å²) in [5.41, 5.74) is 5.23. The number of hydrogen-bond donors (Lipinski definition) is 2. The van der Waals surface area contributed by atoms with Gasteiger partial charge in [-0.1, -0.05) is 30.0 Å². The lowest BCUT2D eigenvalue weighted by atomic mass is 10.1. The van der Waals surface area contributed by atoms with Gasteiger partial charge >= 0.3 is 0 Å². The van der Waals surface area contributed by atoms with E-state index in [0.717, 1.165) is 21.9 Å². The molecule has 0 saturated heterocycles. The fraction of sp³-hybridized carbons (Fsp3) is 0.150. The molecule has 0 aliphatic heterocycles. The molecule has 0 radical (unpaired) electrons. The van der Waals surface area contributed by atoms with E-state index >= 15 is 0 Å². The van der Waals surface area contributed by atoms with E-state index in [1.165, 1.54) is 22.9 Å². The number of carbonyl (C=O) groups excluding carboxylic acids is 1. The maximum atomic E-state index is 12.3. The summed E-state index contributed by atoms with van der Waals surface area (Å²) in [7, 11) is 0. The van der Waals surface area contributed by atoms with Crippen LogP contribution in [0.3, 0.4) is 0 Å². The van der Waals surface area contributed by atoms with Crippen LogP contribution < -0.4 is 5.32 Å². The van der Waals surface area contributed by atoms with Gasteiger partial charge in [0.2, 0.25) is 11.9 Å². The fourth-order valence-electron chi connectivity index (χ4n) is 2.78. The molecule has 0 unspecified atom stereocenters. The zero-order valence-corrected chi connectivity index (χ0v) is 15.9. The molecule has 2 N–H and O–H groups in total. The zero-order chi connectivity index (χ0) is 18.8. The Morgan fingerprint density at radius 3 is 2.85 bits per heavy atom. The second-order valence-corrected chi connectivity index (χ2v) is 7.23. The number of nitrogens with zero attached hydrogens (tertiary/aromatic N) is 3. The first-order chi connectivity index (χ1) is 13.1. The van der Waals surface area contributed by atoms with Crippen molar-refractivity contribution in [2.45, 2.75) is 19.0 Å². The van der Waals surface area contributed by atoms with Crippen LogP contribution in [-0.4, -0.2) is 31.2 Å². The second-order valence-electron chi connectivity index (χ2n) is 6.29. The van der Waals surface area contributed by atoms with Crippen LogP contribution in [0.15, 0.2) is 60.0 Å². The topological polar surface area (TPSA) is 75.6 Å². The van der Waals surface area contributed by atoms with E-state index in [-0.39, 0.29) is 11.7 Å². The molecule has 2 aromatic heterocycles. The minimum Gasteiger partial charge on any atom is -0.324 e. The average molecular weight is 377 g/mol. The van der Waals surface area contributed by atoms with E-state index in [0.29, 0.717) is 5.95 Å². The summed E-state index contributed by atoms with van der Waals surface area (Å²) in [4.78, 5) is 24.1. The molecule has 6 nitrogen and oxygen atoms in total. The first-order valence-electron chi connectivity index (χ1n) is 8.58. The average Bonchev–Trinajstić information content (AvgIpc) is 3.28. The monoisotopic (exact) mass is 377 g/mol. The van der Waals surface area contributed by atoms with Gasteiger partial charge in [0.25, 0.3) is 0 Å². The molecule has 1 amide bonds. The highest BCUT2D eigenvalue weighted by Gasteiger charge is 2.11. The standard InChI is InChI=1S/C20H19N5OS/c1-13-7-8-15(11-14(13)2)25-10-9-21-20(25)27-12-18(26)24-19-22-16-5-3-4-6-17(16)23-19/h3-11H,12H2,1-2H3,(H2,22,23,24,26). The Kier molecular flexibility index (Phi) is 4.68. The molecule has 136 valence electrons. The number of para-hydroxylation sites is 2. The number of aromatic nitrogens is 4. The summed E-state index contributed by atoms with van der Waals surface area (Å²) in [6.45, 7) is 4.18. The maximum absolute atomic E-state index is 12.3. The predicted octanol–water partition coefficient (Wildman–Crippen LogP) is 4.10. The van der Waals surface area contributed by atoms with Crippen molar-refractivity contribution in [3.05, 3.63) is 66.0 Å². The molecule has 0 spiro atoms. The SMILES string of the molecule is Cc1ccc(-n2ccnc2SCC(=O)Nc2nc3ccccc3[nH]2)cc1C. The highest BCUT2D eigenvalue weighted by Crippen LogP contribution is 2.22. The molecule has 0 aliphatic carbocycles. The number of nitrogens with one attached hydrogen (secondary N) is 2. The summed E-state index contributed by atoms with van der Waals surface area (Å²) < 4.78 is 1.99. The van der Waals surface area contributed by atoms with Crippen LogP contribution in [0.5, 0.6) is 0 Å². The Morgan fingerprint density at radius 1 is 1.19 bits per heavy atom. The number of imidazole rings is 2. The van der Waals surface area contributed by atoms with E-state index in [2.05, 4.69) is 52.3 Å². The van der Waals surface area contributed by atoms with Crippen molar-refractivity contribution in [2.75, 3.05) is 11.1 Å². The molecule has 0 aliphatic rings. The number of carbonyl (C=O) groups is 1. The lowest BCUT2D eigenvalue weighted by Crippen LogP contribution is -2.15. The van der Waals surface area contributed by atoms with Crippen LogP contribution >= 0.6 is 11.8 Å². The molecule has 4 rings (SSSR count). The van der Waals surface area contributed by atoms with E-state index in [9.17, 15) is 4.79 Å². The van der Waals surface area contributed by atoms with Crippen LogP contribution in [0.2, 0.25) is 0 Å². The van der Waals surface area contributed by atoms with Crippen LogP contribution in [0, 0.1) is 13.8 Å². The number of fused-ring (bicyclic) bond motifs is 1. The number of aromatic amines is 1. The normalized spacial score (nSPS) is 11.0. The molecule has 2 aromatic carbocycles. The molecule has 0 fully saturated rings. The van der Waals surface area contributed by atoms with Gasteiger partial charge in [-0.3, -0.25) is 14.7 Å². The van der Waals surface area contributed by atoms with Crippen LogP contribution in [0.1, 0.15) is 11.1 Å². The second kappa shape index (κ2) is 7.28. The van der Waals surface area contributed by atoms with Gasteiger partial charge in [0.15, 0.2) is 5.16 Å². The quantitative estimate of drug-likeness (QED) is 0.514. The van der Waals surface area contributed by atoms with Crippen molar-refractivity contribution in [3.63, 3.8) is 0 Å². The molecule has 0 bridgehead atoms. The highest BCUT2D eigenvalue weighted by molar-refractivity contribution is 7.99. The molecular weight excluding hydrogens is 358 g/mol. The van der Waals surface area contributed by atoms with Gasteiger partial charge in [0.1, 0.15) is 0 Å². The van der Waals surface area contributed by atoms with Crippen molar-refractivity contribution in [3.8, 4) is 5.69 Å². The highest BCUT2D eigenvalue weighted by atomic mass is 32.2. The first-order valence-corrected chi connectivity index (χ1v) is 9.57. The van der Waals surface area contributed by atoms with Gasteiger partial charge in [-0.2, -0.15) is 0 Å². The Hall–Kier alpha value is -3.06. The van der Waals surface area contributed by atoms with Crippen molar-refractivity contribution in [2.24, 2.45) is 0 Å². The van der Waals surface area contributed by atoms with Crippen LogP contribution in [-0.2, 0) is 4.79 Å². The smallest absolute Gasteiger partial charge is 0.237 e. The van der Waals surface area contributed by atoms with Gasteiger partial charge < -0.3 is 4.98 Å². The first kappa shape index (κ1) is 17.4. The number of rotatable bonds is 5. The molecule has 4 aromatic rings. The summed E-state index contributed by atoms with van der Waals surface area (Å²) >= 11 is 1.39. The Balaban J connectivity index is 1.43. The van der Waals surface area contributed by atoms with Gasteiger partial charge in [0, 0.05) is 18.1 Å². The zero-order valence-electron chi connectivity index (χ0n) is 15.1. The fourth-order valence-corrected chi connectivity index (χ4v) is 3.55. The maximum Gasteiger partial charge on any atom is 0.237 e. The molecular formula is C20H19N5OS. The van der Waals surface area contributed by atoms with E-state index in [4.69, 9.17) is 0 Å². The van der Waals surface area contributed by atoms with Crippen molar-refractivity contribution in [1.82, 2.24) is 19.5 Å². The Morgan fingerprint density at radius 2 is 2.04 bits per heavy atom. The van der Waals surface area contributed by atoms with Gasteiger partial charge in [0.05, 0.1) is 16.8 Å². The largest absolute Gasteiger partial charge is 0.324 e. The van der Waals surface area contributed by atoms with Crippen molar-refractivity contribution >= 4 is 34.7 Å². The molecule has 27 heavy (non-hydrogen) atoms. The number of amides is 1. The van der Waals surface area contributed by atoms with E-state index in [1.54, 1.807) is 6.20 Å². The van der Waals surface area contributed by atoms with Gasteiger partial charge in [-0.05, 0) is 49.2 Å². The number of H-pyrrole nitrogens is 1. The van der Waals surface area contributed by atoms with Gasteiger partial charge in [-0.15, -0.1) is 0 Å². The minimum absolute atomic E-state index is 0.131. The van der Waals surface area contributed by atoms with Crippen LogP contribution in [0.4, 0.5) is 5.95 Å². The third-order valence-corrected chi connectivity index (χ3v) is 5.32. The number of aryl methyl sites for hydroxylation is 2. The number of thioether (sulfide) groups is 1. The minimum atomic E-state index is -0.131. The van der Waals surface area contributed by atoms with Crippen molar-refractivity contribution in [1.29, 1.82) is 0 Å². The molecule has 0 atom stereocenters. The number of anilines is 1. The Bertz CT molecular complexity index is 1080. The summed E-state index contributed by atoms with van der Waals surface area (Å²) in [6.07, 6.45) is 3.65. The third-order valence-electron chi connectivity index (χ3n) is 4.36. The number of benzene rings is 2. The molecule has 0 saturated carbocycles.